The van der Waals surface area contributed by atoms with E-state index in [0.717, 1.165) is 38.4 Å². The first-order chi connectivity index (χ1) is 16.6. The van der Waals surface area contributed by atoms with Gasteiger partial charge in [0.2, 0.25) is 5.91 Å². The van der Waals surface area contributed by atoms with Gasteiger partial charge in [0.05, 0.1) is 19.2 Å². The fraction of sp³-hybridized carbons (Fsp3) is 0.364. The minimum Gasteiger partial charge on any atom is -0.383 e. The molecule has 0 spiro atoms. The van der Waals surface area contributed by atoms with Gasteiger partial charge in [0.25, 0.3) is 5.56 Å². The van der Waals surface area contributed by atoms with E-state index in [0.29, 0.717) is 13.0 Å². The Kier molecular flexibility index (Phi) is 6.78. The Morgan fingerprint density at radius 3 is 2.60 bits per heavy atom. The van der Waals surface area contributed by atoms with Crippen molar-refractivity contribution in [3.63, 3.8) is 0 Å². The third-order valence-electron chi connectivity index (χ3n) is 5.61. The highest BCUT2D eigenvalue weighted by atomic mass is 19.4. The zero-order valence-corrected chi connectivity index (χ0v) is 18.5. The maximum atomic E-state index is 13.3. The van der Waals surface area contributed by atoms with Crippen LogP contribution in [-0.4, -0.2) is 44.5 Å². The van der Waals surface area contributed by atoms with Gasteiger partial charge in [0.15, 0.2) is 11.4 Å². The summed E-state index contributed by atoms with van der Waals surface area (Å²) in [5.41, 5.74) is 3.90. The summed E-state index contributed by atoms with van der Waals surface area (Å²) in [4.78, 5) is 41.8. The number of aromatic amines is 1. The van der Waals surface area contributed by atoms with E-state index in [1.807, 2.05) is 0 Å². The van der Waals surface area contributed by atoms with Crippen LogP contribution in [0.2, 0.25) is 0 Å². The minimum atomic E-state index is -4.67. The van der Waals surface area contributed by atoms with Gasteiger partial charge < -0.3 is 15.4 Å². The summed E-state index contributed by atoms with van der Waals surface area (Å²) in [7, 11) is 0. The fourth-order valence-corrected chi connectivity index (χ4v) is 3.90. The van der Waals surface area contributed by atoms with Gasteiger partial charge in [-0.25, -0.2) is 4.79 Å². The maximum absolute atomic E-state index is 13.3. The highest BCUT2D eigenvalue weighted by Crippen LogP contribution is 2.27. The van der Waals surface area contributed by atoms with Crippen molar-refractivity contribution in [3.05, 3.63) is 74.7 Å². The predicted octanol–water partition coefficient (Wildman–Crippen LogP) is 1.59. The van der Waals surface area contributed by atoms with Crippen LogP contribution in [0.1, 0.15) is 24.1 Å². The second-order valence-electron chi connectivity index (χ2n) is 8.10. The molecular formula is C22H23F3N6O4. The molecule has 1 atom stereocenters. The third kappa shape index (κ3) is 5.45. The number of benzene rings is 1. The monoisotopic (exact) mass is 492 g/mol. The number of H-pyrrole nitrogens is 1. The molecule has 2 aromatic heterocycles. The molecule has 186 valence electrons. The number of carbonyl (C=O) groups excluding carboxylic acids is 1. The lowest BCUT2D eigenvalue weighted by molar-refractivity contribution is -0.141. The third-order valence-corrected chi connectivity index (χ3v) is 5.61. The number of nitrogens with one attached hydrogen (secondary N) is 1. The molecule has 0 bridgehead atoms. The van der Waals surface area contributed by atoms with E-state index in [2.05, 4.69) is 10.1 Å². The molecule has 1 aromatic carbocycles. The van der Waals surface area contributed by atoms with E-state index >= 15 is 0 Å². The standard InChI is InChI=1S/C22H23F3N6O4/c23-22(24,25)16-8-9-29(28-16)13-17(32)30(12-15-7-4-10-35-15)18-19(26)31(21(34)27-20(18)33)11-14-5-2-1-3-6-14/h1-3,5-6,8-9,15H,4,7,10-13,26H2,(H,27,33,34). The van der Waals surface area contributed by atoms with Crippen LogP contribution in [0.15, 0.2) is 52.2 Å². The minimum absolute atomic E-state index is 0.0331. The summed E-state index contributed by atoms with van der Waals surface area (Å²) in [6.07, 6.45) is -2.68. The molecule has 1 saturated heterocycles. The molecule has 10 nitrogen and oxygen atoms in total. The smallest absolute Gasteiger partial charge is 0.383 e. The van der Waals surface area contributed by atoms with Crippen LogP contribution >= 0.6 is 0 Å². The van der Waals surface area contributed by atoms with Crippen molar-refractivity contribution >= 4 is 17.4 Å². The van der Waals surface area contributed by atoms with Crippen LogP contribution in [0.3, 0.4) is 0 Å². The lowest BCUT2D eigenvalue weighted by atomic mass is 10.2. The SMILES string of the molecule is Nc1c(N(CC2CCCO2)C(=O)Cn2ccc(C(F)(F)F)n2)c(=O)[nH]c(=O)n1Cc1ccccc1. The number of carbonyl (C=O) groups is 1. The van der Waals surface area contributed by atoms with E-state index < -0.39 is 41.7 Å². The first-order valence-corrected chi connectivity index (χ1v) is 10.8. The van der Waals surface area contributed by atoms with Crippen LogP contribution in [0.5, 0.6) is 0 Å². The highest BCUT2D eigenvalue weighted by molar-refractivity contribution is 5.95. The number of halogens is 3. The van der Waals surface area contributed by atoms with Crippen LogP contribution in [-0.2, 0) is 28.8 Å². The Morgan fingerprint density at radius 2 is 1.97 bits per heavy atom. The van der Waals surface area contributed by atoms with E-state index in [1.165, 1.54) is 0 Å². The summed E-state index contributed by atoms with van der Waals surface area (Å²) in [5.74, 6) is -0.982. The second kappa shape index (κ2) is 9.78. The molecule has 35 heavy (non-hydrogen) atoms. The van der Waals surface area contributed by atoms with E-state index in [9.17, 15) is 27.6 Å². The molecule has 3 N–H and O–H groups in total. The molecule has 3 heterocycles. The van der Waals surface area contributed by atoms with Crippen molar-refractivity contribution in [2.45, 2.75) is 38.2 Å². The second-order valence-corrected chi connectivity index (χ2v) is 8.10. The van der Waals surface area contributed by atoms with Gasteiger partial charge in [-0.2, -0.15) is 18.3 Å². The zero-order chi connectivity index (χ0) is 25.2. The van der Waals surface area contributed by atoms with Gasteiger partial charge >= 0.3 is 11.9 Å². The lowest BCUT2D eigenvalue weighted by Crippen LogP contribution is -2.45. The lowest BCUT2D eigenvalue weighted by Gasteiger charge is -2.26. The van der Waals surface area contributed by atoms with Gasteiger partial charge in [0, 0.05) is 12.8 Å². The number of nitrogens with zero attached hydrogens (tertiary/aromatic N) is 4. The molecule has 1 amide bonds. The van der Waals surface area contributed by atoms with Crippen LogP contribution in [0.25, 0.3) is 0 Å². The number of amides is 1. The van der Waals surface area contributed by atoms with Crippen molar-refractivity contribution in [3.8, 4) is 0 Å². The zero-order valence-electron chi connectivity index (χ0n) is 18.5. The number of hydrogen-bond donors (Lipinski definition) is 2. The van der Waals surface area contributed by atoms with E-state index in [1.54, 1.807) is 30.3 Å². The number of hydrogen-bond acceptors (Lipinski definition) is 6. The number of ether oxygens (including phenoxy) is 1. The van der Waals surface area contributed by atoms with Crippen molar-refractivity contribution < 1.29 is 22.7 Å². The molecule has 1 unspecified atom stereocenters. The molecule has 1 fully saturated rings. The molecule has 1 aliphatic rings. The molecule has 0 radical (unpaired) electrons. The Bertz CT molecular complexity index is 1310. The summed E-state index contributed by atoms with van der Waals surface area (Å²) < 4.78 is 46.3. The number of rotatable bonds is 7. The van der Waals surface area contributed by atoms with Gasteiger partial charge in [-0.15, -0.1) is 0 Å². The molecule has 1 aliphatic heterocycles. The number of anilines is 2. The summed E-state index contributed by atoms with van der Waals surface area (Å²) in [5, 5.41) is 3.40. The average molecular weight is 492 g/mol. The topological polar surface area (TPSA) is 128 Å². The number of alkyl halides is 3. The Balaban J connectivity index is 1.71. The van der Waals surface area contributed by atoms with Crippen molar-refractivity contribution in [1.82, 2.24) is 19.3 Å². The maximum Gasteiger partial charge on any atom is 0.435 e. The fourth-order valence-electron chi connectivity index (χ4n) is 3.90. The molecule has 4 rings (SSSR count). The van der Waals surface area contributed by atoms with Crippen LogP contribution < -0.4 is 21.9 Å². The summed E-state index contributed by atoms with van der Waals surface area (Å²) in [6.45, 7) is -0.145. The van der Waals surface area contributed by atoms with Gasteiger partial charge in [-0.05, 0) is 24.5 Å². The molecule has 13 heteroatoms. The molecule has 0 saturated carbocycles. The first-order valence-electron chi connectivity index (χ1n) is 10.8. The molecular weight excluding hydrogens is 469 g/mol. The quantitative estimate of drug-likeness (QED) is 0.516. The van der Waals surface area contributed by atoms with Crippen LogP contribution in [0.4, 0.5) is 24.7 Å². The van der Waals surface area contributed by atoms with E-state index in [-0.39, 0.29) is 24.6 Å². The Labute approximate surface area is 196 Å². The summed E-state index contributed by atoms with van der Waals surface area (Å²) >= 11 is 0. The molecule has 3 aromatic rings. The summed E-state index contributed by atoms with van der Waals surface area (Å²) in [6, 6.07) is 9.63. The van der Waals surface area contributed by atoms with Gasteiger partial charge in [0.1, 0.15) is 12.4 Å². The van der Waals surface area contributed by atoms with Crippen molar-refractivity contribution in [2.24, 2.45) is 0 Å². The van der Waals surface area contributed by atoms with Gasteiger partial charge in [-0.1, -0.05) is 30.3 Å². The predicted molar refractivity (Wildman–Crippen MR) is 120 cm³/mol. The molecule has 0 aliphatic carbocycles. The normalized spacial score (nSPS) is 15.9. The highest BCUT2D eigenvalue weighted by Gasteiger charge is 2.34. The van der Waals surface area contributed by atoms with Crippen molar-refractivity contribution in [1.29, 1.82) is 0 Å². The number of nitrogen functional groups attached to an aromatic ring is 1. The Morgan fingerprint density at radius 1 is 1.23 bits per heavy atom. The largest absolute Gasteiger partial charge is 0.435 e. The average Bonchev–Trinajstić information content (AvgIpc) is 3.48. The van der Waals surface area contributed by atoms with E-state index in [4.69, 9.17) is 10.5 Å². The number of aromatic nitrogens is 4. The Hall–Kier alpha value is -3.87. The van der Waals surface area contributed by atoms with Crippen LogP contribution in [0, 0.1) is 0 Å². The first kappa shape index (κ1) is 24.3. The number of nitrogens with two attached hydrogens (primary N) is 1. The van der Waals surface area contributed by atoms with Crippen molar-refractivity contribution in [2.75, 3.05) is 23.8 Å². The van der Waals surface area contributed by atoms with Gasteiger partial charge in [-0.3, -0.25) is 23.8 Å².